The summed E-state index contributed by atoms with van der Waals surface area (Å²) in [4.78, 5) is 21.2. The fourth-order valence-corrected chi connectivity index (χ4v) is 9.26. The van der Waals surface area contributed by atoms with Crippen LogP contribution in [0.15, 0.2) is 211 Å². The van der Waals surface area contributed by atoms with Crippen molar-refractivity contribution in [1.82, 2.24) is 29.1 Å². The quantitative estimate of drug-likeness (QED) is 0.167. The minimum Gasteiger partial charge on any atom is -0.423 e. The van der Waals surface area contributed by atoms with Crippen LogP contribution >= 0.6 is 0 Å². The molecule has 0 aliphatic heterocycles. The van der Waals surface area contributed by atoms with Crippen LogP contribution < -0.4 is 0 Å². The van der Waals surface area contributed by atoms with Gasteiger partial charge in [0.1, 0.15) is 5.52 Å². The summed E-state index contributed by atoms with van der Waals surface area (Å²) in [7, 11) is 0. The van der Waals surface area contributed by atoms with Crippen LogP contribution in [0.2, 0.25) is 0 Å². The summed E-state index contributed by atoms with van der Waals surface area (Å²) in [5, 5.41) is 6.46. The molecule has 0 saturated heterocycles. The van der Waals surface area contributed by atoms with Gasteiger partial charge in [0.25, 0.3) is 0 Å². The maximum Gasteiger partial charge on any atom is 0.307 e. The molecule has 9 aromatic carbocycles. The molecule has 0 atom stereocenters. The first-order chi connectivity index (χ1) is 31.2. The van der Waals surface area contributed by atoms with Crippen LogP contribution in [0.4, 0.5) is 0 Å². The molecule has 7 nitrogen and oxygen atoms in total. The Hall–Kier alpha value is -8.68. The van der Waals surface area contributed by atoms with Crippen LogP contribution in [0.3, 0.4) is 0 Å². The van der Waals surface area contributed by atoms with Gasteiger partial charge < -0.3 is 4.42 Å². The normalized spacial score (nSPS) is 11.8. The molecule has 0 spiro atoms. The molecule has 0 fully saturated rings. The van der Waals surface area contributed by atoms with E-state index in [2.05, 4.69) is 191 Å². The summed E-state index contributed by atoms with van der Waals surface area (Å²) in [5.41, 5.74) is 11.7. The van der Waals surface area contributed by atoms with Crippen molar-refractivity contribution in [3.05, 3.63) is 206 Å². The van der Waals surface area contributed by atoms with Gasteiger partial charge in [-0.3, -0.25) is 9.13 Å². The van der Waals surface area contributed by atoms with Crippen molar-refractivity contribution in [2.24, 2.45) is 0 Å². The Morgan fingerprint density at radius 2 is 0.778 bits per heavy atom. The molecular weight excluding hydrogens is 773 g/mol. The molecule has 294 valence electrons. The fraction of sp³-hybridized carbons (Fsp3) is 0. The average molecular weight is 807 g/mol. The molecule has 4 heterocycles. The van der Waals surface area contributed by atoms with Gasteiger partial charge in [0.05, 0.1) is 22.1 Å². The predicted octanol–water partition coefficient (Wildman–Crippen LogP) is 14.0. The molecule has 13 aromatic rings. The van der Waals surface area contributed by atoms with Crippen LogP contribution in [-0.2, 0) is 0 Å². The number of aromatic nitrogens is 6. The molecule has 0 aliphatic carbocycles. The van der Waals surface area contributed by atoms with Crippen molar-refractivity contribution in [3.8, 4) is 57.0 Å². The van der Waals surface area contributed by atoms with Gasteiger partial charge in [-0.05, 0) is 45.8 Å². The lowest BCUT2D eigenvalue weighted by molar-refractivity contribution is 0.574. The predicted molar refractivity (Wildman–Crippen MR) is 255 cm³/mol. The minimum atomic E-state index is 0.492. The summed E-state index contributed by atoms with van der Waals surface area (Å²) in [6, 6.07) is 72.0. The average Bonchev–Trinajstić information content (AvgIpc) is 4.05. The highest BCUT2D eigenvalue weighted by molar-refractivity contribution is 6.23. The lowest BCUT2D eigenvalue weighted by atomic mass is 10.0. The van der Waals surface area contributed by atoms with Gasteiger partial charge >= 0.3 is 6.01 Å². The minimum absolute atomic E-state index is 0.492. The maximum absolute atomic E-state index is 6.74. The van der Waals surface area contributed by atoms with Crippen molar-refractivity contribution in [3.63, 3.8) is 0 Å². The van der Waals surface area contributed by atoms with Crippen LogP contribution in [-0.4, -0.2) is 29.1 Å². The number of hydrogen-bond acceptors (Lipinski definition) is 5. The van der Waals surface area contributed by atoms with E-state index in [4.69, 9.17) is 24.4 Å². The molecule has 0 saturated carbocycles. The van der Waals surface area contributed by atoms with Gasteiger partial charge in [-0.15, -0.1) is 0 Å². The Balaban J connectivity index is 1.10. The standard InChI is InChI=1S/C56H34N6O/c1-3-13-35(14-4-1)37-23-27-40(28-24-37)53-58-54(41-29-25-38(26-30-41)36-15-5-2-6-16-36)60-55(59-53)61-47-21-11-9-19-43(47)45-32-33-46-44-20-10-12-22-48(44)62(52(46)51(45)61)56-57-50-42-18-8-7-17-39(42)31-34-49(50)63-56/h1-34H. The van der Waals surface area contributed by atoms with E-state index in [-0.39, 0.29) is 0 Å². The molecule has 13 rings (SSSR count). The smallest absolute Gasteiger partial charge is 0.307 e. The first-order valence-corrected chi connectivity index (χ1v) is 21.1. The van der Waals surface area contributed by atoms with Crippen LogP contribution in [0.1, 0.15) is 0 Å². The topological polar surface area (TPSA) is 74.6 Å². The van der Waals surface area contributed by atoms with Crippen molar-refractivity contribution < 1.29 is 4.42 Å². The zero-order chi connectivity index (χ0) is 41.4. The Morgan fingerprint density at radius 1 is 0.317 bits per heavy atom. The highest BCUT2D eigenvalue weighted by Crippen LogP contribution is 2.42. The number of hydrogen-bond donors (Lipinski definition) is 0. The van der Waals surface area contributed by atoms with Crippen molar-refractivity contribution >= 4 is 65.5 Å². The Kier molecular flexibility index (Phi) is 7.77. The second kappa shape index (κ2) is 13.9. The summed E-state index contributed by atoms with van der Waals surface area (Å²) >= 11 is 0. The third-order valence-corrected chi connectivity index (χ3v) is 12.3. The van der Waals surface area contributed by atoms with Crippen LogP contribution in [0, 0.1) is 0 Å². The molecule has 4 aromatic heterocycles. The monoisotopic (exact) mass is 806 g/mol. The Bertz CT molecular complexity index is 3780. The summed E-state index contributed by atoms with van der Waals surface area (Å²) in [6.07, 6.45) is 0. The van der Waals surface area contributed by atoms with E-state index >= 15 is 0 Å². The molecule has 0 unspecified atom stereocenters. The first-order valence-electron chi connectivity index (χ1n) is 21.1. The third kappa shape index (κ3) is 5.60. The molecule has 63 heavy (non-hydrogen) atoms. The van der Waals surface area contributed by atoms with E-state index in [1.54, 1.807) is 0 Å². The number of benzene rings is 9. The van der Waals surface area contributed by atoms with E-state index in [0.29, 0.717) is 23.6 Å². The SMILES string of the molecule is c1ccc(-c2ccc(-c3nc(-c4ccc(-c5ccccc5)cc4)nc(-n4c5ccccc5c5ccc6c7ccccc7n(-c7nc8c(ccc9ccccc98)o7)c6c54)n3)cc2)cc1. The van der Waals surface area contributed by atoms with Gasteiger partial charge in [-0.25, -0.2) is 4.98 Å². The van der Waals surface area contributed by atoms with Crippen molar-refractivity contribution in [2.75, 3.05) is 0 Å². The zero-order valence-electron chi connectivity index (χ0n) is 33.7. The second-order valence-electron chi connectivity index (χ2n) is 15.9. The first kappa shape index (κ1) is 35.1. The van der Waals surface area contributed by atoms with E-state index in [0.717, 1.165) is 98.9 Å². The zero-order valence-corrected chi connectivity index (χ0v) is 33.7. The fourth-order valence-electron chi connectivity index (χ4n) is 9.26. The summed E-state index contributed by atoms with van der Waals surface area (Å²) in [5.74, 6) is 1.66. The summed E-state index contributed by atoms with van der Waals surface area (Å²) < 4.78 is 11.1. The van der Waals surface area contributed by atoms with E-state index < -0.39 is 0 Å². The molecule has 0 bridgehead atoms. The lowest BCUT2D eigenvalue weighted by Gasteiger charge is -2.13. The lowest BCUT2D eigenvalue weighted by Crippen LogP contribution is -2.07. The Morgan fingerprint density at radius 3 is 1.37 bits per heavy atom. The maximum atomic E-state index is 6.74. The van der Waals surface area contributed by atoms with Gasteiger partial charge in [0.15, 0.2) is 17.2 Å². The second-order valence-corrected chi connectivity index (χ2v) is 15.9. The van der Waals surface area contributed by atoms with Crippen LogP contribution in [0.25, 0.3) is 122 Å². The number of nitrogens with zero attached hydrogens (tertiary/aromatic N) is 6. The van der Waals surface area contributed by atoms with Gasteiger partial charge in [0.2, 0.25) is 5.95 Å². The van der Waals surface area contributed by atoms with Crippen LogP contribution in [0.5, 0.6) is 0 Å². The van der Waals surface area contributed by atoms with E-state index in [1.807, 2.05) is 24.3 Å². The van der Waals surface area contributed by atoms with E-state index in [9.17, 15) is 0 Å². The molecule has 7 heteroatoms. The number of oxazole rings is 1. The Labute approximate surface area is 360 Å². The largest absolute Gasteiger partial charge is 0.423 e. The van der Waals surface area contributed by atoms with Gasteiger partial charge in [-0.1, -0.05) is 188 Å². The molecule has 0 radical (unpaired) electrons. The van der Waals surface area contributed by atoms with Gasteiger partial charge in [0, 0.05) is 38.1 Å². The number of para-hydroxylation sites is 2. The third-order valence-electron chi connectivity index (χ3n) is 12.3. The van der Waals surface area contributed by atoms with Gasteiger partial charge in [-0.2, -0.15) is 15.0 Å². The highest BCUT2D eigenvalue weighted by atomic mass is 16.4. The number of fused-ring (bicyclic) bond motifs is 10. The van der Waals surface area contributed by atoms with Crippen molar-refractivity contribution in [2.45, 2.75) is 0 Å². The van der Waals surface area contributed by atoms with E-state index in [1.165, 1.54) is 0 Å². The highest BCUT2D eigenvalue weighted by Gasteiger charge is 2.25. The molecule has 0 amide bonds. The molecule has 0 aliphatic rings. The summed E-state index contributed by atoms with van der Waals surface area (Å²) in [6.45, 7) is 0. The number of rotatable bonds is 6. The van der Waals surface area contributed by atoms with Crippen molar-refractivity contribution in [1.29, 1.82) is 0 Å². The molecule has 0 N–H and O–H groups in total. The molecular formula is C56H34N6O.